The van der Waals surface area contributed by atoms with Crippen LogP contribution < -0.4 is 0 Å². The Morgan fingerprint density at radius 1 is 1.09 bits per heavy atom. The highest BCUT2D eigenvalue weighted by Gasteiger charge is 2.26. The number of fused-ring (bicyclic) bond motifs is 1. The largest absolute Gasteiger partial charge is 0.299 e. The maximum Gasteiger partial charge on any atom is 0.168 e. The van der Waals surface area contributed by atoms with E-state index in [0.29, 0.717) is 12.2 Å². The van der Waals surface area contributed by atoms with Crippen molar-refractivity contribution in [2.75, 3.05) is 0 Å². The molecular formula is C17H16N4O. The van der Waals surface area contributed by atoms with Crippen LogP contribution in [0, 0.1) is 0 Å². The molecule has 1 aromatic carbocycles. The normalized spacial score (nSPS) is 18.7. The molecular weight excluding hydrogens is 276 g/mol. The second kappa shape index (κ2) is 5.33. The number of Topliss-reactive ketones (excluding diaryl/α,β-unsaturated/α-hetero) is 1. The van der Waals surface area contributed by atoms with Gasteiger partial charge in [-0.3, -0.25) is 9.36 Å². The van der Waals surface area contributed by atoms with E-state index in [9.17, 15) is 4.79 Å². The highest BCUT2D eigenvalue weighted by molar-refractivity contribution is 5.86. The molecule has 0 N–H and O–H groups in total. The second-order valence-corrected chi connectivity index (χ2v) is 5.65. The zero-order valence-corrected chi connectivity index (χ0v) is 12.1. The van der Waals surface area contributed by atoms with E-state index in [1.165, 1.54) is 0 Å². The lowest BCUT2D eigenvalue weighted by molar-refractivity contribution is -0.122. The van der Waals surface area contributed by atoms with Crippen molar-refractivity contribution in [2.45, 2.75) is 31.6 Å². The molecule has 1 aliphatic rings. The third-order valence-electron chi connectivity index (χ3n) is 4.21. The van der Waals surface area contributed by atoms with E-state index in [1.54, 1.807) is 12.5 Å². The number of carbonyl (C=O) groups excluding carboxylic acids is 1. The molecule has 1 saturated carbocycles. The van der Waals surface area contributed by atoms with Gasteiger partial charge in [0.25, 0.3) is 0 Å². The van der Waals surface area contributed by atoms with Crippen LogP contribution in [0.4, 0.5) is 0 Å². The van der Waals surface area contributed by atoms with Crippen LogP contribution in [-0.4, -0.2) is 25.3 Å². The van der Waals surface area contributed by atoms with Gasteiger partial charge in [0.1, 0.15) is 23.5 Å². The van der Waals surface area contributed by atoms with E-state index in [4.69, 9.17) is 0 Å². The first-order chi connectivity index (χ1) is 10.8. The Hall–Kier alpha value is -2.56. The molecule has 0 spiro atoms. The lowest BCUT2D eigenvalue weighted by atomic mass is 9.87. The second-order valence-electron chi connectivity index (χ2n) is 5.65. The van der Waals surface area contributed by atoms with Crippen molar-refractivity contribution in [3.63, 3.8) is 0 Å². The standard InChI is InChI=1S/C17H16N4O/c22-15-9-5-4-8-13(15)16-18-10-14-17(20-16)21(11-19-14)12-6-2-1-3-7-12/h1-3,6-7,10-11,13H,4-5,8-9H2. The summed E-state index contributed by atoms with van der Waals surface area (Å²) in [5.41, 5.74) is 2.51. The van der Waals surface area contributed by atoms with Crippen LogP contribution >= 0.6 is 0 Å². The maximum absolute atomic E-state index is 12.1. The summed E-state index contributed by atoms with van der Waals surface area (Å²) in [7, 11) is 0. The van der Waals surface area contributed by atoms with E-state index in [1.807, 2.05) is 34.9 Å². The molecule has 2 heterocycles. The van der Waals surface area contributed by atoms with Crippen molar-refractivity contribution >= 4 is 16.9 Å². The highest BCUT2D eigenvalue weighted by Crippen LogP contribution is 2.28. The fourth-order valence-electron chi connectivity index (χ4n) is 3.02. The van der Waals surface area contributed by atoms with Crippen molar-refractivity contribution in [2.24, 2.45) is 0 Å². The third-order valence-corrected chi connectivity index (χ3v) is 4.21. The predicted molar refractivity (Wildman–Crippen MR) is 82.9 cm³/mol. The molecule has 0 radical (unpaired) electrons. The number of ketones is 1. The Bertz CT molecular complexity index is 825. The monoisotopic (exact) mass is 292 g/mol. The average molecular weight is 292 g/mol. The number of hydrogen-bond donors (Lipinski definition) is 0. The molecule has 0 aliphatic heterocycles. The van der Waals surface area contributed by atoms with Gasteiger partial charge < -0.3 is 0 Å². The Kier molecular flexibility index (Phi) is 3.18. The van der Waals surface area contributed by atoms with Crippen LogP contribution in [0.3, 0.4) is 0 Å². The summed E-state index contributed by atoms with van der Waals surface area (Å²) in [6.45, 7) is 0. The summed E-state index contributed by atoms with van der Waals surface area (Å²) in [5.74, 6) is 0.739. The Labute approximate surface area is 128 Å². The highest BCUT2D eigenvalue weighted by atomic mass is 16.1. The first kappa shape index (κ1) is 13.1. The molecule has 22 heavy (non-hydrogen) atoms. The first-order valence-corrected chi connectivity index (χ1v) is 7.61. The lowest BCUT2D eigenvalue weighted by Gasteiger charge is -2.18. The van der Waals surface area contributed by atoms with E-state index < -0.39 is 0 Å². The van der Waals surface area contributed by atoms with E-state index in [0.717, 1.165) is 36.1 Å². The SMILES string of the molecule is O=C1CCCCC1c1ncc2ncn(-c3ccccc3)c2n1. The third kappa shape index (κ3) is 2.19. The topological polar surface area (TPSA) is 60.7 Å². The number of imidazole rings is 1. The van der Waals surface area contributed by atoms with Crippen LogP contribution in [0.15, 0.2) is 42.9 Å². The van der Waals surface area contributed by atoms with Crippen LogP contribution in [-0.2, 0) is 4.79 Å². The molecule has 0 bridgehead atoms. The molecule has 110 valence electrons. The van der Waals surface area contributed by atoms with Gasteiger partial charge in [-0.05, 0) is 25.0 Å². The van der Waals surface area contributed by atoms with Crippen LogP contribution in [0.2, 0.25) is 0 Å². The molecule has 0 saturated heterocycles. The number of benzene rings is 1. The fraction of sp³-hybridized carbons (Fsp3) is 0.294. The van der Waals surface area contributed by atoms with Crippen molar-refractivity contribution in [1.82, 2.24) is 19.5 Å². The maximum atomic E-state index is 12.1. The molecule has 3 aromatic rings. The average Bonchev–Trinajstić information content (AvgIpc) is 2.99. The number of hydrogen-bond acceptors (Lipinski definition) is 4. The number of para-hydroxylation sites is 1. The smallest absolute Gasteiger partial charge is 0.168 e. The Morgan fingerprint density at radius 2 is 1.95 bits per heavy atom. The van der Waals surface area contributed by atoms with Crippen molar-refractivity contribution in [1.29, 1.82) is 0 Å². The Balaban J connectivity index is 1.81. The minimum absolute atomic E-state index is 0.155. The van der Waals surface area contributed by atoms with E-state index in [-0.39, 0.29) is 11.7 Å². The van der Waals surface area contributed by atoms with Gasteiger partial charge in [0, 0.05) is 12.1 Å². The van der Waals surface area contributed by atoms with Gasteiger partial charge in [-0.25, -0.2) is 15.0 Å². The summed E-state index contributed by atoms with van der Waals surface area (Å²) >= 11 is 0. The molecule has 4 rings (SSSR count). The van der Waals surface area contributed by atoms with Crippen LogP contribution in [0.25, 0.3) is 16.9 Å². The minimum Gasteiger partial charge on any atom is -0.299 e. The molecule has 2 aromatic heterocycles. The molecule has 1 fully saturated rings. The first-order valence-electron chi connectivity index (χ1n) is 7.61. The lowest BCUT2D eigenvalue weighted by Crippen LogP contribution is -2.19. The molecule has 5 nitrogen and oxygen atoms in total. The molecule has 0 amide bonds. The zero-order valence-electron chi connectivity index (χ0n) is 12.1. The van der Waals surface area contributed by atoms with Crippen LogP contribution in [0.5, 0.6) is 0 Å². The number of carbonyl (C=O) groups is 1. The van der Waals surface area contributed by atoms with Crippen molar-refractivity contribution in [3.05, 3.63) is 48.7 Å². The van der Waals surface area contributed by atoms with Gasteiger partial charge in [-0.1, -0.05) is 24.6 Å². The number of aromatic nitrogens is 4. The minimum atomic E-state index is -0.155. The van der Waals surface area contributed by atoms with Gasteiger partial charge in [-0.15, -0.1) is 0 Å². The molecule has 5 heteroatoms. The quantitative estimate of drug-likeness (QED) is 0.728. The van der Waals surface area contributed by atoms with Gasteiger partial charge in [0.15, 0.2) is 5.65 Å². The number of rotatable bonds is 2. The van der Waals surface area contributed by atoms with Crippen molar-refractivity contribution in [3.8, 4) is 5.69 Å². The molecule has 1 atom stereocenters. The van der Waals surface area contributed by atoms with Crippen molar-refractivity contribution < 1.29 is 4.79 Å². The summed E-state index contributed by atoms with van der Waals surface area (Å²) in [5, 5.41) is 0. The van der Waals surface area contributed by atoms with Gasteiger partial charge in [-0.2, -0.15) is 0 Å². The fourth-order valence-corrected chi connectivity index (χ4v) is 3.02. The summed E-state index contributed by atoms with van der Waals surface area (Å²) in [4.78, 5) is 25.5. The number of nitrogens with zero attached hydrogens (tertiary/aromatic N) is 4. The van der Waals surface area contributed by atoms with Gasteiger partial charge in [0.2, 0.25) is 0 Å². The summed E-state index contributed by atoms with van der Waals surface area (Å²) in [6, 6.07) is 9.95. The summed E-state index contributed by atoms with van der Waals surface area (Å²) in [6.07, 6.45) is 7.02. The molecule has 1 unspecified atom stereocenters. The van der Waals surface area contributed by atoms with Gasteiger partial charge >= 0.3 is 0 Å². The van der Waals surface area contributed by atoms with Gasteiger partial charge in [0.05, 0.1) is 12.1 Å². The van der Waals surface area contributed by atoms with Crippen LogP contribution in [0.1, 0.15) is 37.4 Å². The van der Waals surface area contributed by atoms with E-state index >= 15 is 0 Å². The molecule has 1 aliphatic carbocycles. The summed E-state index contributed by atoms with van der Waals surface area (Å²) < 4.78 is 1.94. The van der Waals surface area contributed by atoms with E-state index in [2.05, 4.69) is 15.0 Å². The zero-order chi connectivity index (χ0) is 14.9. The predicted octanol–water partition coefficient (Wildman–Crippen LogP) is 3.04. The Morgan fingerprint density at radius 3 is 2.77 bits per heavy atom.